The molecule has 2 heterocycles. The van der Waals surface area contributed by atoms with Crippen LogP contribution >= 0.6 is 0 Å². The van der Waals surface area contributed by atoms with Crippen molar-refractivity contribution in [3.63, 3.8) is 0 Å². The van der Waals surface area contributed by atoms with Gasteiger partial charge in [-0.1, -0.05) is 24.3 Å². The fourth-order valence-corrected chi connectivity index (χ4v) is 3.51. The number of aryl methyl sites for hydroxylation is 1. The summed E-state index contributed by atoms with van der Waals surface area (Å²) in [6.45, 7) is 5.48. The number of likely N-dealkylation sites (tertiary alicyclic amines) is 1. The predicted molar refractivity (Wildman–Crippen MR) is 100 cm³/mol. The maximum atomic E-state index is 12.5. The van der Waals surface area contributed by atoms with E-state index in [9.17, 15) is 4.79 Å². The molecule has 1 N–H and O–H groups in total. The Balaban J connectivity index is 1.65. The Morgan fingerprint density at radius 3 is 2.60 bits per heavy atom. The molecule has 1 aliphatic heterocycles. The lowest BCUT2D eigenvalue weighted by Crippen LogP contribution is -2.30. The number of carbonyl (C=O) groups excluding carboxylic acids is 1. The number of hydrogen-bond donors (Lipinski definition) is 1. The number of hydrogen-bond acceptors (Lipinski definition) is 3. The third kappa shape index (κ3) is 4.89. The van der Waals surface area contributed by atoms with Gasteiger partial charge in [0.15, 0.2) is 0 Å². The zero-order chi connectivity index (χ0) is 17.5. The van der Waals surface area contributed by atoms with Crippen molar-refractivity contribution in [1.82, 2.24) is 15.2 Å². The molecule has 1 aromatic carbocycles. The fraction of sp³-hybridized carbons (Fsp3) is 0.429. The van der Waals surface area contributed by atoms with Crippen molar-refractivity contribution >= 4 is 5.91 Å². The largest absolute Gasteiger partial charge is 0.345 e. The van der Waals surface area contributed by atoms with Gasteiger partial charge in [-0.3, -0.25) is 9.78 Å². The smallest absolute Gasteiger partial charge is 0.220 e. The van der Waals surface area contributed by atoms with E-state index in [1.54, 1.807) is 12.4 Å². The summed E-state index contributed by atoms with van der Waals surface area (Å²) >= 11 is 0. The normalized spacial score (nSPS) is 15.9. The molecule has 3 rings (SSSR count). The first-order chi connectivity index (χ1) is 12.2. The Morgan fingerprint density at radius 2 is 1.88 bits per heavy atom. The second kappa shape index (κ2) is 8.77. The molecule has 1 fully saturated rings. The number of benzene rings is 1. The second-order valence-electron chi connectivity index (χ2n) is 6.79. The van der Waals surface area contributed by atoms with Gasteiger partial charge < -0.3 is 10.2 Å². The second-order valence-corrected chi connectivity index (χ2v) is 6.79. The first-order valence-corrected chi connectivity index (χ1v) is 9.21. The molecule has 0 aliphatic carbocycles. The molecule has 1 aliphatic rings. The average Bonchev–Trinajstić information content (AvgIpc) is 3.15. The van der Waals surface area contributed by atoms with E-state index >= 15 is 0 Å². The van der Waals surface area contributed by atoms with E-state index in [4.69, 9.17) is 0 Å². The van der Waals surface area contributed by atoms with Crippen LogP contribution in [0.25, 0.3) is 0 Å². The molecule has 0 radical (unpaired) electrons. The summed E-state index contributed by atoms with van der Waals surface area (Å²) in [7, 11) is 0. The van der Waals surface area contributed by atoms with Crippen LogP contribution in [0.3, 0.4) is 0 Å². The highest BCUT2D eigenvalue weighted by Crippen LogP contribution is 2.24. The minimum absolute atomic E-state index is 0.115. The van der Waals surface area contributed by atoms with E-state index in [0.717, 1.165) is 24.1 Å². The van der Waals surface area contributed by atoms with E-state index in [1.165, 1.54) is 31.5 Å². The van der Waals surface area contributed by atoms with Crippen LogP contribution < -0.4 is 5.32 Å². The monoisotopic (exact) mass is 337 g/mol. The van der Waals surface area contributed by atoms with E-state index in [0.29, 0.717) is 6.42 Å². The van der Waals surface area contributed by atoms with Crippen molar-refractivity contribution in [2.24, 2.45) is 0 Å². The molecule has 1 aromatic heterocycles. The van der Waals surface area contributed by atoms with Crippen molar-refractivity contribution < 1.29 is 4.79 Å². The Kier molecular flexibility index (Phi) is 6.18. The van der Waals surface area contributed by atoms with Crippen LogP contribution in [0.1, 0.15) is 48.4 Å². The Bertz CT molecular complexity index is 681. The van der Waals surface area contributed by atoms with E-state index in [-0.39, 0.29) is 11.9 Å². The average molecular weight is 337 g/mol. The van der Waals surface area contributed by atoms with Crippen LogP contribution in [0.15, 0.2) is 48.8 Å². The van der Waals surface area contributed by atoms with Crippen LogP contribution in [0.2, 0.25) is 0 Å². The molecule has 25 heavy (non-hydrogen) atoms. The lowest BCUT2D eigenvalue weighted by atomic mass is 9.95. The van der Waals surface area contributed by atoms with Crippen molar-refractivity contribution in [3.8, 4) is 0 Å². The first kappa shape index (κ1) is 17.6. The van der Waals surface area contributed by atoms with Gasteiger partial charge in [-0.05, 0) is 74.6 Å². The van der Waals surface area contributed by atoms with Gasteiger partial charge >= 0.3 is 0 Å². The van der Waals surface area contributed by atoms with Crippen LogP contribution in [0, 0.1) is 6.92 Å². The van der Waals surface area contributed by atoms with Gasteiger partial charge in [0, 0.05) is 18.8 Å². The topological polar surface area (TPSA) is 45.2 Å². The molecule has 0 saturated carbocycles. The van der Waals surface area contributed by atoms with Gasteiger partial charge in [-0.15, -0.1) is 0 Å². The minimum atomic E-state index is -0.122. The van der Waals surface area contributed by atoms with Crippen molar-refractivity contribution in [2.45, 2.75) is 38.6 Å². The number of carbonyl (C=O) groups is 1. The summed E-state index contributed by atoms with van der Waals surface area (Å²) in [5, 5.41) is 3.23. The Morgan fingerprint density at radius 1 is 1.16 bits per heavy atom. The maximum absolute atomic E-state index is 12.5. The van der Waals surface area contributed by atoms with Gasteiger partial charge in [0.25, 0.3) is 0 Å². The van der Waals surface area contributed by atoms with Gasteiger partial charge in [0.2, 0.25) is 5.91 Å². The third-order valence-corrected chi connectivity index (χ3v) is 4.92. The standard InChI is InChI=1S/C21H27N3O/c1-17-7-2-3-8-19(17)21(18-10-12-22-13-11-18)23-20(25)9-6-16-24-14-4-5-15-24/h2-3,7-8,10-13,21H,4-6,9,14-16H2,1H3,(H,23,25)/t21-/m1/s1. The molecule has 4 nitrogen and oxygen atoms in total. The number of nitrogens with one attached hydrogen (secondary N) is 1. The van der Waals surface area contributed by atoms with Gasteiger partial charge in [-0.2, -0.15) is 0 Å². The lowest BCUT2D eigenvalue weighted by molar-refractivity contribution is -0.121. The number of rotatable bonds is 7. The molecule has 2 aromatic rings. The predicted octanol–water partition coefficient (Wildman–Crippen LogP) is 3.47. The molecule has 4 heteroatoms. The molecular formula is C21H27N3O. The van der Waals surface area contributed by atoms with Gasteiger partial charge in [0.05, 0.1) is 6.04 Å². The highest BCUT2D eigenvalue weighted by atomic mass is 16.1. The quantitative estimate of drug-likeness (QED) is 0.841. The third-order valence-electron chi connectivity index (χ3n) is 4.92. The van der Waals surface area contributed by atoms with Gasteiger partial charge in [0.1, 0.15) is 0 Å². The van der Waals surface area contributed by atoms with Crippen LogP contribution in [-0.4, -0.2) is 35.4 Å². The van der Waals surface area contributed by atoms with Crippen molar-refractivity contribution in [2.75, 3.05) is 19.6 Å². The summed E-state index contributed by atoms with van der Waals surface area (Å²) in [6, 6.07) is 12.1. The lowest BCUT2D eigenvalue weighted by Gasteiger charge is -2.22. The van der Waals surface area contributed by atoms with Crippen LogP contribution in [-0.2, 0) is 4.79 Å². The molecule has 1 saturated heterocycles. The highest BCUT2D eigenvalue weighted by Gasteiger charge is 2.19. The molecular weight excluding hydrogens is 310 g/mol. The summed E-state index contributed by atoms with van der Waals surface area (Å²) in [5.74, 6) is 0.115. The van der Waals surface area contributed by atoms with E-state index in [2.05, 4.69) is 34.3 Å². The molecule has 0 bridgehead atoms. The molecule has 1 atom stereocenters. The van der Waals surface area contributed by atoms with Crippen molar-refractivity contribution in [3.05, 3.63) is 65.5 Å². The summed E-state index contributed by atoms with van der Waals surface area (Å²) in [5.41, 5.74) is 3.39. The van der Waals surface area contributed by atoms with Crippen LogP contribution in [0.4, 0.5) is 0 Å². The van der Waals surface area contributed by atoms with Gasteiger partial charge in [-0.25, -0.2) is 0 Å². The Hall–Kier alpha value is -2.20. The highest BCUT2D eigenvalue weighted by molar-refractivity contribution is 5.77. The molecule has 1 amide bonds. The Labute approximate surface area is 150 Å². The van der Waals surface area contributed by atoms with E-state index in [1.807, 2.05) is 24.3 Å². The summed E-state index contributed by atoms with van der Waals surface area (Å²) in [6.07, 6.45) is 7.64. The van der Waals surface area contributed by atoms with Crippen molar-refractivity contribution in [1.29, 1.82) is 0 Å². The zero-order valence-corrected chi connectivity index (χ0v) is 14.9. The number of nitrogens with zero attached hydrogens (tertiary/aromatic N) is 2. The zero-order valence-electron chi connectivity index (χ0n) is 14.9. The number of amides is 1. The van der Waals surface area contributed by atoms with Crippen LogP contribution in [0.5, 0.6) is 0 Å². The van der Waals surface area contributed by atoms with E-state index < -0.39 is 0 Å². The number of pyridine rings is 1. The summed E-state index contributed by atoms with van der Waals surface area (Å²) in [4.78, 5) is 19.1. The molecule has 0 spiro atoms. The maximum Gasteiger partial charge on any atom is 0.220 e. The molecule has 132 valence electrons. The first-order valence-electron chi connectivity index (χ1n) is 9.21. The summed E-state index contributed by atoms with van der Waals surface area (Å²) < 4.78 is 0. The minimum Gasteiger partial charge on any atom is -0.345 e. The SMILES string of the molecule is Cc1ccccc1[C@H](NC(=O)CCCN1CCCC1)c1ccncc1. The number of aromatic nitrogens is 1. The molecule has 0 unspecified atom stereocenters. The fourth-order valence-electron chi connectivity index (χ4n) is 3.51.